The maximum absolute atomic E-state index is 14.0. The van der Waals surface area contributed by atoms with Gasteiger partial charge in [-0.15, -0.1) is 0 Å². The van der Waals surface area contributed by atoms with Crippen molar-refractivity contribution in [2.75, 3.05) is 41.0 Å². The van der Waals surface area contributed by atoms with Crippen LogP contribution in [0, 0.1) is 0 Å². The summed E-state index contributed by atoms with van der Waals surface area (Å²) in [5, 5.41) is 2.68. The molecule has 2 fully saturated rings. The monoisotopic (exact) mass is 641 g/mol. The Morgan fingerprint density at radius 3 is 2.17 bits per heavy atom. The lowest BCUT2D eigenvalue weighted by atomic mass is 9.96. The van der Waals surface area contributed by atoms with Crippen LogP contribution in [-0.2, 0) is 22.3 Å². The van der Waals surface area contributed by atoms with Gasteiger partial charge in [-0.25, -0.2) is 0 Å². The van der Waals surface area contributed by atoms with E-state index in [0.29, 0.717) is 28.4 Å². The number of benzene rings is 3. The van der Waals surface area contributed by atoms with E-state index in [2.05, 4.69) is 5.32 Å². The SMILES string of the molecule is COc1ccc(C(=O)N2C(C(=O)NCc3cccc(C(F)(F)F)c3)COC23CCN(C(=O)c2ccc(OC)c(OC)c2)CC3)cc1. The van der Waals surface area contributed by atoms with Crippen LogP contribution in [0.15, 0.2) is 66.7 Å². The van der Waals surface area contributed by atoms with Crippen molar-refractivity contribution in [3.63, 3.8) is 0 Å². The van der Waals surface area contributed by atoms with Crippen molar-refractivity contribution in [3.8, 4) is 17.2 Å². The summed E-state index contributed by atoms with van der Waals surface area (Å²) in [5.74, 6) is 0.176. The highest BCUT2D eigenvalue weighted by Crippen LogP contribution is 2.39. The molecule has 1 spiro atoms. The first-order valence-electron chi connectivity index (χ1n) is 14.6. The van der Waals surface area contributed by atoms with Gasteiger partial charge >= 0.3 is 6.18 Å². The van der Waals surface area contributed by atoms with Gasteiger partial charge in [0, 0.05) is 43.6 Å². The van der Waals surface area contributed by atoms with Crippen molar-refractivity contribution >= 4 is 17.7 Å². The summed E-state index contributed by atoms with van der Waals surface area (Å²) in [6.07, 6.45) is -4.07. The van der Waals surface area contributed by atoms with Crippen LogP contribution in [-0.4, -0.2) is 80.3 Å². The molecule has 1 N–H and O–H groups in total. The molecule has 3 aromatic carbocycles. The maximum atomic E-state index is 14.0. The molecule has 244 valence electrons. The van der Waals surface area contributed by atoms with E-state index >= 15 is 0 Å². The molecule has 3 aromatic rings. The Hall–Kier alpha value is -4.78. The molecule has 0 radical (unpaired) electrons. The van der Waals surface area contributed by atoms with Crippen LogP contribution < -0.4 is 19.5 Å². The van der Waals surface area contributed by atoms with Gasteiger partial charge in [-0.05, 0) is 60.2 Å². The summed E-state index contributed by atoms with van der Waals surface area (Å²) >= 11 is 0. The van der Waals surface area contributed by atoms with E-state index in [9.17, 15) is 27.6 Å². The Balaban J connectivity index is 1.36. The molecule has 1 unspecified atom stereocenters. The topological polar surface area (TPSA) is 107 Å². The van der Waals surface area contributed by atoms with Crippen molar-refractivity contribution in [1.82, 2.24) is 15.1 Å². The van der Waals surface area contributed by atoms with Gasteiger partial charge in [0.05, 0.1) is 33.5 Å². The van der Waals surface area contributed by atoms with Gasteiger partial charge in [0.15, 0.2) is 11.5 Å². The largest absolute Gasteiger partial charge is 0.497 e. The van der Waals surface area contributed by atoms with E-state index in [1.807, 2.05) is 0 Å². The number of hydrogen-bond acceptors (Lipinski definition) is 7. The highest BCUT2D eigenvalue weighted by atomic mass is 19.4. The van der Waals surface area contributed by atoms with Crippen LogP contribution in [0.4, 0.5) is 13.2 Å². The average Bonchev–Trinajstić information content (AvgIpc) is 3.44. The third kappa shape index (κ3) is 6.59. The van der Waals surface area contributed by atoms with Gasteiger partial charge in [-0.2, -0.15) is 13.2 Å². The summed E-state index contributed by atoms with van der Waals surface area (Å²) < 4.78 is 61.7. The molecule has 2 heterocycles. The number of alkyl halides is 3. The molecule has 46 heavy (non-hydrogen) atoms. The molecule has 2 aliphatic heterocycles. The Morgan fingerprint density at radius 2 is 1.54 bits per heavy atom. The predicted octanol–water partition coefficient (Wildman–Crippen LogP) is 4.52. The minimum Gasteiger partial charge on any atom is -0.497 e. The van der Waals surface area contributed by atoms with Gasteiger partial charge in [0.1, 0.15) is 17.5 Å². The third-order valence-corrected chi connectivity index (χ3v) is 8.30. The molecule has 5 rings (SSSR count). The standard InChI is InChI=1S/C33H34F3N3O7/c1-43-25-10-7-22(8-11-25)31(42)39-26(29(40)37-19-21-5-4-6-24(17-21)33(34,35)36)20-46-32(39)13-15-38(16-14-32)30(41)23-9-12-27(44-2)28(18-23)45-3/h4-12,17-18,26H,13-16,19-20H2,1-3H3,(H,37,40). The number of likely N-dealkylation sites (tertiary alicyclic amines) is 1. The molecular weight excluding hydrogens is 607 g/mol. The second kappa shape index (κ2) is 13.3. The van der Waals surface area contributed by atoms with E-state index in [1.54, 1.807) is 47.4 Å². The summed E-state index contributed by atoms with van der Waals surface area (Å²) in [5.41, 5.74) is -1.06. The van der Waals surface area contributed by atoms with Crippen molar-refractivity contribution in [1.29, 1.82) is 0 Å². The number of carbonyl (C=O) groups excluding carboxylic acids is 3. The first kappa shape index (κ1) is 32.6. The molecule has 0 aromatic heterocycles. The van der Waals surface area contributed by atoms with Crippen molar-refractivity contribution < 1.29 is 46.5 Å². The Bertz CT molecular complexity index is 1590. The van der Waals surface area contributed by atoms with Crippen molar-refractivity contribution in [3.05, 3.63) is 89.0 Å². The molecule has 0 saturated carbocycles. The Morgan fingerprint density at radius 1 is 0.870 bits per heavy atom. The number of hydrogen-bond donors (Lipinski definition) is 1. The molecule has 1 atom stereocenters. The molecule has 10 nitrogen and oxygen atoms in total. The van der Waals surface area contributed by atoms with Gasteiger partial charge in [0.2, 0.25) is 5.91 Å². The number of amides is 3. The molecule has 0 bridgehead atoms. The fourth-order valence-corrected chi connectivity index (χ4v) is 5.82. The first-order valence-corrected chi connectivity index (χ1v) is 14.6. The third-order valence-electron chi connectivity index (χ3n) is 8.30. The second-order valence-electron chi connectivity index (χ2n) is 11.0. The number of rotatable bonds is 8. The zero-order valence-electron chi connectivity index (χ0n) is 25.6. The minimum absolute atomic E-state index is 0.125. The van der Waals surface area contributed by atoms with Crippen LogP contribution in [0.25, 0.3) is 0 Å². The van der Waals surface area contributed by atoms with Crippen LogP contribution >= 0.6 is 0 Å². The first-order chi connectivity index (χ1) is 22.0. The zero-order valence-corrected chi connectivity index (χ0v) is 25.6. The minimum atomic E-state index is -4.52. The Labute approximate surface area is 264 Å². The van der Waals surface area contributed by atoms with Crippen molar-refractivity contribution in [2.45, 2.75) is 37.3 Å². The molecule has 3 amide bonds. The molecule has 2 aliphatic rings. The van der Waals surface area contributed by atoms with Gasteiger partial charge in [-0.3, -0.25) is 19.3 Å². The number of carbonyl (C=O) groups is 3. The van der Waals surface area contributed by atoms with Gasteiger partial charge < -0.3 is 29.2 Å². The lowest BCUT2D eigenvalue weighted by Gasteiger charge is -2.44. The smallest absolute Gasteiger partial charge is 0.416 e. The molecular formula is C33H34F3N3O7. The summed E-state index contributed by atoms with van der Waals surface area (Å²) in [6, 6.07) is 14.9. The zero-order chi connectivity index (χ0) is 33.1. The van der Waals surface area contributed by atoms with E-state index in [-0.39, 0.29) is 50.6 Å². The molecule has 0 aliphatic carbocycles. The molecule has 2 saturated heterocycles. The number of nitrogens with zero attached hydrogens (tertiary/aromatic N) is 2. The van der Waals surface area contributed by atoms with E-state index in [1.165, 1.54) is 38.4 Å². The van der Waals surface area contributed by atoms with E-state index < -0.39 is 35.3 Å². The Kier molecular flexibility index (Phi) is 9.42. The van der Waals surface area contributed by atoms with Crippen LogP contribution in [0.3, 0.4) is 0 Å². The van der Waals surface area contributed by atoms with Crippen LogP contribution in [0.5, 0.6) is 17.2 Å². The fraction of sp³-hybridized carbons (Fsp3) is 0.364. The highest BCUT2D eigenvalue weighted by molar-refractivity contribution is 5.99. The number of halogens is 3. The number of ether oxygens (including phenoxy) is 4. The van der Waals surface area contributed by atoms with Gasteiger partial charge in [-0.1, -0.05) is 12.1 Å². The second-order valence-corrected chi connectivity index (χ2v) is 11.0. The predicted molar refractivity (Wildman–Crippen MR) is 160 cm³/mol. The lowest BCUT2D eigenvalue weighted by Crippen LogP contribution is -2.59. The normalized spacial score (nSPS) is 17.5. The highest BCUT2D eigenvalue weighted by Gasteiger charge is 2.54. The van der Waals surface area contributed by atoms with Crippen molar-refractivity contribution in [2.24, 2.45) is 0 Å². The van der Waals surface area contributed by atoms with E-state index in [4.69, 9.17) is 18.9 Å². The van der Waals surface area contributed by atoms with Gasteiger partial charge in [0.25, 0.3) is 11.8 Å². The fourth-order valence-electron chi connectivity index (χ4n) is 5.82. The van der Waals surface area contributed by atoms with Crippen LogP contribution in [0.1, 0.15) is 44.7 Å². The summed E-state index contributed by atoms with van der Waals surface area (Å²) in [4.78, 5) is 44.0. The quantitative estimate of drug-likeness (QED) is 0.386. The molecule has 13 heteroatoms. The number of methoxy groups -OCH3 is 3. The van der Waals surface area contributed by atoms with E-state index in [0.717, 1.165) is 12.1 Å². The summed E-state index contributed by atoms with van der Waals surface area (Å²) in [6.45, 7) is 0.167. The number of piperidine rings is 1. The average molecular weight is 642 g/mol. The van der Waals surface area contributed by atoms with Crippen LogP contribution in [0.2, 0.25) is 0 Å². The number of nitrogens with one attached hydrogen (secondary N) is 1. The lowest BCUT2D eigenvalue weighted by molar-refractivity contribution is -0.137. The summed E-state index contributed by atoms with van der Waals surface area (Å²) in [7, 11) is 4.49. The maximum Gasteiger partial charge on any atom is 0.416 e.